The predicted octanol–water partition coefficient (Wildman–Crippen LogP) is 1.99. The highest BCUT2D eigenvalue weighted by molar-refractivity contribution is 7.88. The molecule has 1 saturated heterocycles. The number of rotatable bonds is 4. The van der Waals surface area contributed by atoms with Gasteiger partial charge in [-0.15, -0.1) is 0 Å². The van der Waals surface area contributed by atoms with Gasteiger partial charge in [-0.25, -0.2) is 12.7 Å². The standard InChI is InChI=1S/C13H14ClN3O2S/c14-12-3-1-10(2-4-12)9-20(18,19)17-7-11(8-17)13-5-6-15-16-13/h1-6,11H,7-9H2,(H,15,16). The number of hydrogen-bond acceptors (Lipinski definition) is 3. The van der Waals surface area contributed by atoms with Gasteiger partial charge in [0.1, 0.15) is 0 Å². The summed E-state index contributed by atoms with van der Waals surface area (Å²) < 4.78 is 26.0. The van der Waals surface area contributed by atoms with Gasteiger partial charge in [0.25, 0.3) is 0 Å². The van der Waals surface area contributed by atoms with Gasteiger partial charge in [0.2, 0.25) is 10.0 Å². The van der Waals surface area contributed by atoms with Crippen molar-refractivity contribution in [2.75, 3.05) is 13.1 Å². The van der Waals surface area contributed by atoms with Crippen LogP contribution in [0.2, 0.25) is 5.02 Å². The van der Waals surface area contributed by atoms with E-state index in [1.807, 2.05) is 6.07 Å². The fourth-order valence-corrected chi connectivity index (χ4v) is 3.97. The lowest BCUT2D eigenvalue weighted by molar-refractivity contribution is 0.260. The molecule has 1 aliphatic heterocycles. The first-order chi connectivity index (χ1) is 9.54. The van der Waals surface area contributed by atoms with E-state index < -0.39 is 10.0 Å². The first-order valence-electron chi connectivity index (χ1n) is 6.26. The van der Waals surface area contributed by atoms with Crippen molar-refractivity contribution in [2.45, 2.75) is 11.7 Å². The molecule has 3 rings (SSSR count). The van der Waals surface area contributed by atoms with Gasteiger partial charge in [0.05, 0.1) is 5.75 Å². The van der Waals surface area contributed by atoms with E-state index in [0.717, 1.165) is 11.3 Å². The molecule has 7 heteroatoms. The van der Waals surface area contributed by atoms with Crippen LogP contribution in [0.25, 0.3) is 0 Å². The minimum Gasteiger partial charge on any atom is -0.282 e. The van der Waals surface area contributed by atoms with E-state index in [1.165, 1.54) is 4.31 Å². The van der Waals surface area contributed by atoms with Crippen LogP contribution in [0.4, 0.5) is 0 Å². The zero-order valence-electron chi connectivity index (χ0n) is 10.7. The Kier molecular flexibility index (Phi) is 3.54. The molecule has 0 spiro atoms. The summed E-state index contributed by atoms with van der Waals surface area (Å²) in [4.78, 5) is 0. The van der Waals surface area contributed by atoms with Gasteiger partial charge in [-0.3, -0.25) is 5.10 Å². The number of hydrogen-bond donors (Lipinski definition) is 1. The van der Waals surface area contributed by atoms with Crippen molar-refractivity contribution in [2.24, 2.45) is 0 Å². The fourth-order valence-electron chi connectivity index (χ4n) is 2.24. The second-order valence-electron chi connectivity index (χ2n) is 4.91. The summed E-state index contributed by atoms with van der Waals surface area (Å²) in [7, 11) is -3.26. The van der Waals surface area contributed by atoms with Crippen LogP contribution in [0, 0.1) is 0 Å². The van der Waals surface area contributed by atoms with Crippen molar-refractivity contribution in [1.82, 2.24) is 14.5 Å². The maximum absolute atomic E-state index is 12.2. The first kappa shape index (κ1) is 13.6. The van der Waals surface area contributed by atoms with Gasteiger partial charge in [-0.05, 0) is 23.8 Å². The molecule has 1 aromatic carbocycles. The summed E-state index contributed by atoms with van der Waals surface area (Å²) in [6.07, 6.45) is 1.68. The number of aromatic nitrogens is 2. The third-order valence-corrected chi connectivity index (χ3v) is 5.50. The number of nitrogens with one attached hydrogen (secondary N) is 1. The summed E-state index contributed by atoms with van der Waals surface area (Å²) in [5, 5.41) is 7.37. The van der Waals surface area contributed by atoms with Gasteiger partial charge in [0, 0.05) is 35.9 Å². The van der Waals surface area contributed by atoms with Crippen LogP contribution in [0.15, 0.2) is 36.5 Å². The number of sulfonamides is 1. The average Bonchev–Trinajstić information content (AvgIpc) is 2.83. The zero-order valence-corrected chi connectivity index (χ0v) is 12.2. The molecular weight excluding hydrogens is 298 g/mol. The van der Waals surface area contributed by atoms with Gasteiger partial charge < -0.3 is 0 Å². The van der Waals surface area contributed by atoms with Gasteiger partial charge in [-0.1, -0.05) is 23.7 Å². The smallest absolute Gasteiger partial charge is 0.218 e. The molecule has 0 bridgehead atoms. The SMILES string of the molecule is O=S(=O)(Cc1ccc(Cl)cc1)N1CC(c2ccn[nH]2)C1. The fraction of sp³-hybridized carbons (Fsp3) is 0.308. The molecule has 106 valence electrons. The zero-order chi connectivity index (χ0) is 14.2. The lowest BCUT2D eigenvalue weighted by atomic mass is 10.00. The van der Waals surface area contributed by atoms with E-state index in [2.05, 4.69) is 10.2 Å². The molecule has 1 aromatic heterocycles. The third-order valence-electron chi connectivity index (χ3n) is 3.47. The van der Waals surface area contributed by atoms with Crippen LogP contribution in [-0.4, -0.2) is 36.0 Å². The van der Waals surface area contributed by atoms with Crippen molar-refractivity contribution in [3.63, 3.8) is 0 Å². The maximum Gasteiger partial charge on any atom is 0.218 e. The molecule has 5 nitrogen and oxygen atoms in total. The predicted molar refractivity (Wildman–Crippen MR) is 77.0 cm³/mol. The Morgan fingerprint density at radius 1 is 1.25 bits per heavy atom. The Balaban J connectivity index is 1.64. The van der Waals surface area contributed by atoms with Crippen molar-refractivity contribution in [1.29, 1.82) is 0 Å². The molecule has 0 unspecified atom stereocenters. The Bertz CT molecular complexity index is 677. The van der Waals surface area contributed by atoms with Gasteiger partial charge in [-0.2, -0.15) is 5.10 Å². The van der Waals surface area contributed by atoms with Crippen LogP contribution in [0.1, 0.15) is 17.2 Å². The van der Waals surface area contributed by atoms with Crippen molar-refractivity contribution < 1.29 is 8.42 Å². The largest absolute Gasteiger partial charge is 0.282 e. The molecule has 20 heavy (non-hydrogen) atoms. The molecular formula is C13H14ClN3O2S. The van der Waals surface area contributed by atoms with E-state index in [4.69, 9.17) is 11.6 Å². The van der Waals surface area contributed by atoms with E-state index in [1.54, 1.807) is 30.5 Å². The number of aromatic amines is 1. The molecule has 1 fully saturated rings. The van der Waals surface area contributed by atoms with E-state index in [9.17, 15) is 8.42 Å². The highest BCUT2D eigenvalue weighted by atomic mass is 35.5. The summed E-state index contributed by atoms with van der Waals surface area (Å²) in [5.41, 5.74) is 1.74. The Hall–Kier alpha value is -1.37. The molecule has 0 amide bonds. The first-order valence-corrected chi connectivity index (χ1v) is 8.25. The number of benzene rings is 1. The van der Waals surface area contributed by atoms with Crippen molar-refractivity contribution >= 4 is 21.6 Å². The lowest BCUT2D eigenvalue weighted by Crippen LogP contribution is -2.48. The molecule has 1 N–H and O–H groups in total. The highest BCUT2D eigenvalue weighted by Crippen LogP contribution is 2.29. The summed E-state index contributed by atoms with van der Waals surface area (Å²) in [6.45, 7) is 1.02. The molecule has 0 saturated carbocycles. The van der Waals surface area contributed by atoms with Crippen LogP contribution >= 0.6 is 11.6 Å². The average molecular weight is 312 g/mol. The molecule has 0 aliphatic carbocycles. The third kappa shape index (κ3) is 2.72. The van der Waals surface area contributed by atoms with Crippen molar-refractivity contribution in [3.05, 3.63) is 52.8 Å². The molecule has 2 heterocycles. The van der Waals surface area contributed by atoms with Gasteiger partial charge >= 0.3 is 0 Å². The van der Waals surface area contributed by atoms with E-state index in [-0.39, 0.29) is 11.7 Å². The van der Waals surface area contributed by atoms with Crippen LogP contribution in [0.3, 0.4) is 0 Å². The van der Waals surface area contributed by atoms with E-state index in [0.29, 0.717) is 18.1 Å². The number of nitrogens with zero attached hydrogens (tertiary/aromatic N) is 2. The number of H-pyrrole nitrogens is 1. The molecule has 1 aliphatic rings. The summed E-state index contributed by atoms with van der Waals surface area (Å²) in [5.74, 6) is 0.234. The molecule has 2 aromatic rings. The Labute approximate surface area is 122 Å². The van der Waals surface area contributed by atoms with Crippen LogP contribution in [0.5, 0.6) is 0 Å². The van der Waals surface area contributed by atoms with Crippen LogP contribution in [-0.2, 0) is 15.8 Å². The second kappa shape index (κ2) is 5.20. The lowest BCUT2D eigenvalue weighted by Gasteiger charge is -2.37. The topological polar surface area (TPSA) is 66.1 Å². The minimum atomic E-state index is -3.26. The quantitative estimate of drug-likeness (QED) is 0.939. The maximum atomic E-state index is 12.2. The molecule has 0 radical (unpaired) electrons. The number of halogens is 1. The second-order valence-corrected chi connectivity index (χ2v) is 7.31. The summed E-state index contributed by atoms with van der Waals surface area (Å²) in [6, 6.07) is 8.78. The monoisotopic (exact) mass is 311 g/mol. The highest BCUT2D eigenvalue weighted by Gasteiger charge is 2.37. The van der Waals surface area contributed by atoms with Gasteiger partial charge in [0.15, 0.2) is 0 Å². The van der Waals surface area contributed by atoms with E-state index >= 15 is 0 Å². The molecule has 0 atom stereocenters. The summed E-state index contributed by atoms with van der Waals surface area (Å²) >= 11 is 5.79. The van der Waals surface area contributed by atoms with Crippen LogP contribution < -0.4 is 0 Å². The van der Waals surface area contributed by atoms with Crippen molar-refractivity contribution in [3.8, 4) is 0 Å². The Morgan fingerprint density at radius 2 is 1.95 bits per heavy atom. The Morgan fingerprint density at radius 3 is 2.55 bits per heavy atom. The normalized spacial score (nSPS) is 17.1. The minimum absolute atomic E-state index is 0.0138.